The highest BCUT2D eigenvalue weighted by molar-refractivity contribution is 5.61. The first kappa shape index (κ1) is 13.0. The van der Waals surface area contributed by atoms with Crippen molar-refractivity contribution in [1.29, 1.82) is 0 Å². The fraction of sp³-hybridized carbons (Fsp3) is 0.444. The Balaban J connectivity index is 1.67. The average molecular weight is 279 g/mol. The highest BCUT2D eigenvalue weighted by Gasteiger charge is 2.68. The largest absolute Gasteiger partial charge is 0.287 e. The molecule has 2 fully saturated rings. The van der Waals surface area contributed by atoms with E-state index in [0.29, 0.717) is 5.54 Å². The number of aromatic nitrogens is 2. The molecule has 21 heavy (non-hydrogen) atoms. The fourth-order valence-electron chi connectivity index (χ4n) is 3.82. The predicted octanol–water partition coefficient (Wildman–Crippen LogP) is 3.58. The van der Waals surface area contributed by atoms with Crippen LogP contribution in [0, 0.1) is 6.92 Å². The lowest BCUT2D eigenvalue weighted by molar-refractivity contribution is 0.463. The monoisotopic (exact) mass is 279 g/mol. The lowest BCUT2D eigenvalue weighted by Gasteiger charge is -2.11. The molecule has 1 aromatic carbocycles. The summed E-state index contributed by atoms with van der Waals surface area (Å²) in [6.45, 7) is 5.50. The van der Waals surface area contributed by atoms with E-state index in [-0.39, 0.29) is 0 Å². The van der Waals surface area contributed by atoms with Gasteiger partial charge in [0.2, 0.25) is 0 Å². The Morgan fingerprint density at radius 2 is 2.00 bits per heavy atom. The van der Waals surface area contributed by atoms with Gasteiger partial charge in [-0.05, 0) is 37.8 Å². The molecule has 0 amide bonds. The fourth-order valence-corrected chi connectivity index (χ4v) is 3.82. The van der Waals surface area contributed by atoms with E-state index in [4.69, 9.17) is 0 Å². The molecule has 2 heterocycles. The molecule has 4 rings (SSSR count). The summed E-state index contributed by atoms with van der Waals surface area (Å²) in [6, 6.07) is 9.29. The molecule has 1 saturated heterocycles. The minimum absolute atomic E-state index is 0.563. The molecule has 0 radical (unpaired) electrons. The van der Waals surface area contributed by atoms with Crippen LogP contribution in [0.25, 0.3) is 11.4 Å². The van der Waals surface area contributed by atoms with Gasteiger partial charge in [0.05, 0.1) is 0 Å². The van der Waals surface area contributed by atoms with E-state index in [2.05, 4.69) is 46.9 Å². The number of rotatable bonds is 4. The van der Waals surface area contributed by atoms with Crippen LogP contribution in [-0.4, -0.2) is 26.4 Å². The first-order chi connectivity index (χ1) is 10.2. The second-order valence-corrected chi connectivity index (χ2v) is 6.39. The number of benzene rings is 1. The lowest BCUT2D eigenvalue weighted by Crippen LogP contribution is -2.06. The van der Waals surface area contributed by atoms with E-state index < -0.39 is 0 Å². The molecule has 3 nitrogen and oxygen atoms in total. The van der Waals surface area contributed by atoms with E-state index in [1.165, 1.54) is 36.0 Å². The average Bonchev–Trinajstić information content (AvgIpc) is 3.40. The van der Waals surface area contributed by atoms with E-state index >= 15 is 0 Å². The highest BCUT2D eigenvalue weighted by Crippen LogP contribution is 2.61. The molecule has 3 heteroatoms. The third kappa shape index (κ3) is 2.07. The maximum Gasteiger partial charge on any atom is 0.159 e. The first-order valence-corrected chi connectivity index (χ1v) is 7.88. The Bertz CT molecular complexity index is 661. The van der Waals surface area contributed by atoms with E-state index in [9.17, 15) is 0 Å². The van der Waals surface area contributed by atoms with Gasteiger partial charge in [-0.3, -0.25) is 4.90 Å². The van der Waals surface area contributed by atoms with Crippen molar-refractivity contribution in [1.82, 2.24) is 14.9 Å². The van der Waals surface area contributed by atoms with Crippen LogP contribution in [0.2, 0.25) is 0 Å². The lowest BCUT2D eigenvalue weighted by atomic mass is 10.0. The van der Waals surface area contributed by atoms with Gasteiger partial charge in [0.25, 0.3) is 0 Å². The molecular weight excluding hydrogens is 258 g/mol. The van der Waals surface area contributed by atoms with Crippen molar-refractivity contribution < 1.29 is 0 Å². The molecule has 0 N–H and O–H groups in total. The van der Waals surface area contributed by atoms with Gasteiger partial charge in [-0.2, -0.15) is 0 Å². The van der Waals surface area contributed by atoms with Gasteiger partial charge in [0, 0.05) is 36.1 Å². The Morgan fingerprint density at radius 1 is 1.24 bits per heavy atom. The molecule has 1 saturated carbocycles. The van der Waals surface area contributed by atoms with E-state index in [1.54, 1.807) is 0 Å². The molecule has 1 aromatic heterocycles. The van der Waals surface area contributed by atoms with Crippen molar-refractivity contribution in [3.63, 3.8) is 0 Å². The number of hydrogen-bond acceptors (Lipinski definition) is 3. The summed E-state index contributed by atoms with van der Waals surface area (Å²) in [4.78, 5) is 11.5. The van der Waals surface area contributed by atoms with E-state index in [1.807, 2.05) is 18.5 Å². The van der Waals surface area contributed by atoms with Gasteiger partial charge in [-0.15, -0.1) is 0 Å². The Labute approximate surface area is 126 Å². The number of hydrogen-bond donors (Lipinski definition) is 0. The summed E-state index contributed by atoms with van der Waals surface area (Å²) in [5.74, 6) is 0.840. The van der Waals surface area contributed by atoms with Crippen LogP contribution in [0.1, 0.15) is 37.3 Å². The number of aryl methyl sites for hydroxylation is 1. The molecule has 2 atom stereocenters. The summed E-state index contributed by atoms with van der Waals surface area (Å²) in [5.41, 5.74) is 4.42. The van der Waals surface area contributed by atoms with Crippen LogP contribution in [0.4, 0.5) is 0 Å². The van der Waals surface area contributed by atoms with Crippen LogP contribution < -0.4 is 0 Å². The van der Waals surface area contributed by atoms with Gasteiger partial charge in [0.15, 0.2) is 5.82 Å². The zero-order valence-corrected chi connectivity index (χ0v) is 12.7. The second kappa shape index (κ2) is 4.63. The zero-order chi connectivity index (χ0) is 14.4. The van der Waals surface area contributed by atoms with Crippen molar-refractivity contribution >= 4 is 0 Å². The molecule has 1 spiro atoms. The van der Waals surface area contributed by atoms with Crippen LogP contribution >= 0.6 is 0 Å². The van der Waals surface area contributed by atoms with Gasteiger partial charge in [0.1, 0.15) is 0 Å². The van der Waals surface area contributed by atoms with Crippen LogP contribution in [-0.2, 0) is 6.54 Å². The Hall–Kier alpha value is -1.74. The van der Waals surface area contributed by atoms with Gasteiger partial charge in [-0.25, -0.2) is 9.97 Å². The topological polar surface area (TPSA) is 28.8 Å². The summed E-state index contributed by atoms with van der Waals surface area (Å²) in [6.07, 6.45) is 7.67. The third-order valence-corrected chi connectivity index (χ3v) is 5.06. The molecule has 1 aliphatic heterocycles. The molecule has 108 valence electrons. The second-order valence-electron chi connectivity index (χ2n) is 6.39. The standard InChI is InChI=1S/C18H21N3/c1-3-16-18(7-8-18)21(16)12-14-11-13(2)5-6-15(14)17-19-9-4-10-20-17/h4-6,9-11,16H,3,7-8,12H2,1-2H3. The molecule has 0 bridgehead atoms. The van der Waals surface area contributed by atoms with Gasteiger partial charge >= 0.3 is 0 Å². The summed E-state index contributed by atoms with van der Waals surface area (Å²) in [7, 11) is 0. The van der Waals surface area contributed by atoms with Gasteiger partial charge in [-0.1, -0.05) is 30.7 Å². The predicted molar refractivity (Wildman–Crippen MR) is 83.8 cm³/mol. The molecule has 2 aromatic rings. The summed E-state index contributed by atoms with van der Waals surface area (Å²) >= 11 is 0. The highest BCUT2D eigenvalue weighted by atomic mass is 15.4. The molecule has 2 unspecified atom stereocenters. The summed E-state index contributed by atoms with van der Waals surface area (Å²) in [5, 5.41) is 0. The quantitative estimate of drug-likeness (QED) is 0.801. The van der Waals surface area contributed by atoms with Crippen LogP contribution in [0.5, 0.6) is 0 Å². The van der Waals surface area contributed by atoms with Crippen molar-refractivity contribution in [2.75, 3.05) is 0 Å². The Morgan fingerprint density at radius 3 is 2.62 bits per heavy atom. The first-order valence-electron chi connectivity index (χ1n) is 7.88. The van der Waals surface area contributed by atoms with Crippen molar-refractivity contribution in [2.45, 2.75) is 51.2 Å². The maximum absolute atomic E-state index is 4.43. The molecular formula is C18H21N3. The zero-order valence-electron chi connectivity index (χ0n) is 12.7. The molecule has 1 aliphatic carbocycles. The molecule has 2 aliphatic rings. The number of nitrogens with zero attached hydrogens (tertiary/aromatic N) is 3. The maximum atomic E-state index is 4.43. The van der Waals surface area contributed by atoms with Crippen LogP contribution in [0.3, 0.4) is 0 Å². The van der Waals surface area contributed by atoms with Crippen molar-refractivity contribution in [2.24, 2.45) is 0 Å². The Kier molecular flexibility index (Phi) is 2.86. The SMILES string of the molecule is CCC1N(Cc2cc(C)ccc2-c2ncccn2)C12CC2. The van der Waals surface area contributed by atoms with Crippen molar-refractivity contribution in [3.05, 3.63) is 47.8 Å². The van der Waals surface area contributed by atoms with Crippen LogP contribution in [0.15, 0.2) is 36.7 Å². The minimum atomic E-state index is 0.563. The normalized spacial score (nSPS) is 25.0. The van der Waals surface area contributed by atoms with Crippen molar-refractivity contribution in [3.8, 4) is 11.4 Å². The minimum Gasteiger partial charge on any atom is -0.287 e. The third-order valence-electron chi connectivity index (χ3n) is 5.06. The van der Waals surface area contributed by atoms with E-state index in [0.717, 1.165) is 18.4 Å². The smallest absolute Gasteiger partial charge is 0.159 e. The van der Waals surface area contributed by atoms with Gasteiger partial charge < -0.3 is 0 Å². The summed E-state index contributed by atoms with van der Waals surface area (Å²) < 4.78 is 0.